The molecule has 2 aliphatic rings. The van der Waals surface area contributed by atoms with Crippen molar-refractivity contribution in [2.75, 3.05) is 26.3 Å². The van der Waals surface area contributed by atoms with Crippen molar-refractivity contribution in [2.24, 2.45) is 0 Å². The fourth-order valence-electron chi connectivity index (χ4n) is 7.38. The first-order chi connectivity index (χ1) is 23.0. The number of aliphatic carboxylic acids is 1. The zero-order valence-corrected chi connectivity index (χ0v) is 30.0. The number of thiazole rings is 1. The molecule has 252 valence electrons. The highest BCUT2D eigenvalue weighted by molar-refractivity contribution is 7.22. The van der Waals surface area contributed by atoms with Crippen molar-refractivity contribution < 1.29 is 19.4 Å². The number of halogens is 1. The fourth-order valence-corrected chi connectivity index (χ4v) is 8.63. The number of nitrogens with zero attached hydrogens (tertiary/aromatic N) is 3. The molecule has 2 aliphatic heterocycles. The molecule has 7 nitrogen and oxygen atoms in total. The molecule has 0 radical (unpaired) electrons. The maximum atomic E-state index is 12.8. The van der Waals surface area contributed by atoms with Gasteiger partial charge in [-0.25, -0.2) is 9.78 Å². The summed E-state index contributed by atoms with van der Waals surface area (Å²) in [7, 11) is 0. The van der Waals surface area contributed by atoms with Crippen LogP contribution in [0.5, 0.6) is 0 Å². The molecule has 9 heteroatoms. The van der Waals surface area contributed by atoms with Crippen molar-refractivity contribution >= 4 is 50.0 Å². The first-order valence-corrected chi connectivity index (χ1v) is 18.3. The summed E-state index contributed by atoms with van der Waals surface area (Å²) in [5, 5.41) is 13.3. The molecular weight excluding hydrogens is 642 g/mol. The molecule has 2 fully saturated rings. The second kappa shape index (κ2) is 13.2. The van der Waals surface area contributed by atoms with Gasteiger partial charge in [0.1, 0.15) is 5.01 Å². The van der Waals surface area contributed by atoms with Gasteiger partial charge in [0.15, 0.2) is 6.10 Å². The number of benzene rings is 3. The molecule has 3 aromatic carbocycles. The highest BCUT2D eigenvalue weighted by atomic mass is 35.5. The number of carboxylic acid groups (broad SMARTS) is 1. The molecule has 1 atom stereocenters. The minimum absolute atomic E-state index is 0.519. The molecule has 0 spiro atoms. The average Bonchev–Trinajstić information content (AvgIpc) is 3.60. The van der Waals surface area contributed by atoms with Crippen molar-refractivity contribution in [3.63, 3.8) is 0 Å². The standard InChI is InChI=1S/C39H44ClN3O4S/c1-6-15-43-20-30(24-13-16-42(17-14-24)28-21-46-22-28)29-19-26(9-12-32(29)43)37-41-31-18-23(2)33(35(38(44)45)47-39(3,4)5)34(36(31)48-37)25-7-10-27(40)11-8-25/h7-12,18-20,24,28,35H,6,13-17,21-22H2,1-5H3,(H,44,45)/t35-/m0/s1. The number of aromatic nitrogens is 2. The quantitative estimate of drug-likeness (QED) is 0.167. The molecule has 0 bridgehead atoms. The summed E-state index contributed by atoms with van der Waals surface area (Å²) in [5.74, 6) is -0.500. The van der Waals surface area contributed by atoms with Crippen LogP contribution in [0.4, 0.5) is 0 Å². The molecule has 5 aromatic rings. The third kappa shape index (κ3) is 6.41. The van der Waals surface area contributed by atoms with E-state index >= 15 is 0 Å². The van der Waals surface area contributed by atoms with E-state index in [4.69, 9.17) is 26.1 Å². The number of carbonyl (C=O) groups is 1. The van der Waals surface area contributed by atoms with Crippen LogP contribution < -0.4 is 0 Å². The van der Waals surface area contributed by atoms with Gasteiger partial charge >= 0.3 is 5.97 Å². The Morgan fingerprint density at radius 3 is 2.44 bits per heavy atom. The van der Waals surface area contributed by atoms with E-state index in [2.05, 4.69) is 40.8 Å². The predicted molar refractivity (Wildman–Crippen MR) is 195 cm³/mol. The van der Waals surface area contributed by atoms with E-state index in [0.29, 0.717) is 22.5 Å². The highest BCUT2D eigenvalue weighted by Gasteiger charge is 2.33. The van der Waals surface area contributed by atoms with E-state index < -0.39 is 17.7 Å². The Kier molecular flexibility index (Phi) is 9.15. The summed E-state index contributed by atoms with van der Waals surface area (Å²) in [5.41, 5.74) is 7.17. The molecule has 48 heavy (non-hydrogen) atoms. The first-order valence-electron chi connectivity index (χ1n) is 17.1. The number of likely N-dealkylation sites (tertiary alicyclic amines) is 1. The lowest BCUT2D eigenvalue weighted by Crippen LogP contribution is -2.51. The largest absolute Gasteiger partial charge is 0.479 e. The average molecular weight is 686 g/mol. The van der Waals surface area contributed by atoms with Crippen molar-refractivity contribution in [3.05, 3.63) is 76.4 Å². The van der Waals surface area contributed by atoms with Gasteiger partial charge in [-0.05, 0) is 119 Å². The molecule has 0 saturated carbocycles. The summed E-state index contributed by atoms with van der Waals surface area (Å²) >= 11 is 7.91. The van der Waals surface area contributed by atoms with Crippen molar-refractivity contribution in [3.8, 4) is 21.7 Å². The monoisotopic (exact) mass is 685 g/mol. The van der Waals surface area contributed by atoms with Crippen LogP contribution in [0.3, 0.4) is 0 Å². The summed E-state index contributed by atoms with van der Waals surface area (Å²) in [6, 6.07) is 17.0. The minimum Gasteiger partial charge on any atom is -0.479 e. The summed E-state index contributed by atoms with van der Waals surface area (Å²) in [6.45, 7) is 14.8. The Bertz CT molecular complexity index is 1960. The number of aryl methyl sites for hydroxylation is 2. The third-order valence-corrected chi connectivity index (χ3v) is 11.1. The smallest absolute Gasteiger partial charge is 0.337 e. The van der Waals surface area contributed by atoms with Crippen molar-refractivity contribution in [1.82, 2.24) is 14.5 Å². The Hall–Kier alpha value is -3.27. The Morgan fingerprint density at radius 1 is 1.10 bits per heavy atom. The maximum absolute atomic E-state index is 12.8. The lowest BCUT2D eigenvalue weighted by molar-refractivity contribution is -0.160. The van der Waals surface area contributed by atoms with Gasteiger partial charge in [-0.15, -0.1) is 11.3 Å². The third-order valence-electron chi connectivity index (χ3n) is 9.75. The molecular formula is C39H44ClN3O4S. The van der Waals surface area contributed by atoms with Crippen LogP contribution in [0.2, 0.25) is 5.02 Å². The number of hydrogen-bond acceptors (Lipinski definition) is 6. The van der Waals surface area contributed by atoms with Crippen LogP contribution in [0.15, 0.2) is 54.7 Å². The zero-order chi connectivity index (χ0) is 33.7. The molecule has 0 amide bonds. The van der Waals surface area contributed by atoms with Crippen LogP contribution in [-0.4, -0.2) is 63.5 Å². The highest BCUT2D eigenvalue weighted by Crippen LogP contribution is 2.45. The fraction of sp³-hybridized carbons (Fsp3) is 0.436. The maximum Gasteiger partial charge on any atom is 0.337 e. The van der Waals surface area contributed by atoms with Gasteiger partial charge in [0.05, 0.1) is 35.1 Å². The number of hydrogen-bond donors (Lipinski definition) is 1. The number of piperidine rings is 1. The van der Waals surface area contributed by atoms with E-state index in [1.807, 2.05) is 58.0 Å². The van der Waals surface area contributed by atoms with Gasteiger partial charge in [0, 0.05) is 45.4 Å². The zero-order valence-electron chi connectivity index (χ0n) is 28.4. The van der Waals surface area contributed by atoms with Crippen LogP contribution in [0, 0.1) is 6.92 Å². The molecule has 0 aliphatic carbocycles. The van der Waals surface area contributed by atoms with E-state index in [9.17, 15) is 9.90 Å². The van der Waals surface area contributed by atoms with Crippen LogP contribution in [0.25, 0.3) is 42.8 Å². The van der Waals surface area contributed by atoms with Gasteiger partial charge in [-0.3, -0.25) is 4.90 Å². The number of fused-ring (bicyclic) bond motifs is 2. The minimum atomic E-state index is -1.15. The topological polar surface area (TPSA) is 76.8 Å². The van der Waals surface area contributed by atoms with Gasteiger partial charge in [-0.2, -0.15) is 0 Å². The predicted octanol–water partition coefficient (Wildman–Crippen LogP) is 9.48. The summed E-state index contributed by atoms with van der Waals surface area (Å²) in [6.07, 6.45) is 4.64. The Balaban J connectivity index is 1.34. The Morgan fingerprint density at radius 2 is 1.81 bits per heavy atom. The lowest BCUT2D eigenvalue weighted by Gasteiger charge is -2.41. The van der Waals surface area contributed by atoms with Gasteiger partial charge in [0.2, 0.25) is 0 Å². The van der Waals surface area contributed by atoms with E-state index in [1.54, 1.807) is 11.3 Å². The van der Waals surface area contributed by atoms with Crippen molar-refractivity contribution in [2.45, 2.75) is 84.1 Å². The van der Waals surface area contributed by atoms with Crippen LogP contribution in [0.1, 0.15) is 75.7 Å². The molecule has 2 saturated heterocycles. The molecule has 1 N–H and O–H groups in total. The van der Waals surface area contributed by atoms with E-state index in [1.165, 1.54) is 16.5 Å². The van der Waals surface area contributed by atoms with Crippen LogP contribution in [-0.2, 0) is 20.8 Å². The summed E-state index contributed by atoms with van der Waals surface area (Å²) in [4.78, 5) is 20.6. The molecule has 7 rings (SSSR count). The second-order valence-electron chi connectivity index (χ2n) is 14.3. The SMILES string of the molecule is CCCn1cc(C2CCN(C3COC3)CC2)c2cc(-c3nc4cc(C)c([C@H](OC(C)(C)C)C(=O)O)c(-c5ccc(Cl)cc5)c4s3)ccc21. The number of carboxylic acids is 1. The second-order valence-corrected chi connectivity index (χ2v) is 15.8. The number of ether oxygens (including phenoxy) is 2. The molecule has 2 aromatic heterocycles. The normalized spacial score (nSPS) is 17.3. The van der Waals surface area contributed by atoms with E-state index in [-0.39, 0.29) is 0 Å². The van der Waals surface area contributed by atoms with Crippen LogP contribution >= 0.6 is 22.9 Å². The number of rotatable bonds is 9. The van der Waals surface area contributed by atoms with E-state index in [0.717, 1.165) is 89.6 Å². The van der Waals surface area contributed by atoms with Gasteiger partial charge in [-0.1, -0.05) is 30.7 Å². The first kappa shape index (κ1) is 33.2. The van der Waals surface area contributed by atoms with Crippen molar-refractivity contribution in [1.29, 1.82) is 0 Å². The molecule has 0 unspecified atom stereocenters. The molecule has 4 heterocycles. The summed E-state index contributed by atoms with van der Waals surface area (Å²) < 4.78 is 15.0. The Labute approximate surface area is 291 Å². The lowest BCUT2D eigenvalue weighted by atomic mass is 9.88. The van der Waals surface area contributed by atoms with Gasteiger partial charge < -0.3 is 19.1 Å². The van der Waals surface area contributed by atoms with Gasteiger partial charge in [0.25, 0.3) is 0 Å².